The molecule has 3 aromatic heterocycles. The molecule has 0 bridgehead atoms. The second kappa shape index (κ2) is 5.38. The number of hydrogen-bond acceptors (Lipinski definition) is 5. The fraction of sp³-hybridized carbons (Fsp3) is 0. The van der Waals surface area contributed by atoms with E-state index in [1.54, 1.807) is 32.4 Å². The third-order valence-electron chi connectivity index (χ3n) is 3.13. The van der Waals surface area contributed by atoms with E-state index >= 15 is 0 Å². The molecule has 9 heteroatoms. The molecule has 0 fully saturated rings. The van der Waals surface area contributed by atoms with Gasteiger partial charge in [0.2, 0.25) is 0 Å². The van der Waals surface area contributed by atoms with E-state index < -0.39 is 6.69 Å². The van der Waals surface area contributed by atoms with Crippen molar-refractivity contribution in [1.29, 1.82) is 5.41 Å². The lowest BCUT2D eigenvalue weighted by molar-refractivity contribution is 0.695. The van der Waals surface area contributed by atoms with E-state index in [0.717, 1.165) is 0 Å². The van der Waals surface area contributed by atoms with E-state index in [1.807, 2.05) is 36.8 Å². The molecule has 3 rings (SSSR count). The molecule has 8 nitrogen and oxygen atoms in total. The molecule has 0 aliphatic heterocycles. The van der Waals surface area contributed by atoms with E-state index in [0.29, 0.717) is 0 Å². The lowest BCUT2D eigenvalue weighted by Gasteiger charge is -2.41. The highest BCUT2D eigenvalue weighted by Gasteiger charge is 2.34. The maximum absolute atomic E-state index is 6.94. The summed E-state index contributed by atoms with van der Waals surface area (Å²) in [4.78, 5) is 0. The third kappa shape index (κ3) is 2.08. The van der Waals surface area contributed by atoms with Crippen LogP contribution in [0.2, 0.25) is 0 Å². The van der Waals surface area contributed by atoms with Crippen molar-refractivity contribution in [3.8, 4) is 0 Å². The molecule has 0 saturated carbocycles. The van der Waals surface area contributed by atoms with Gasteiger partial charge in [0.1, 0.15) is 0 Å². The van der Waals surface area contributed by atoms with E-state index in [-0.39, 0.29) is 0 Å². The van der Waals surface area contributed by atoms with Crippen molar-refractivity contribution >= 4 is 12.6 Å². The summed E-state index contributed by atoms with van der Waals surface area (Å²) < 4.78 is 5.17. The minimum Gasteiger partial charge on any atom is -0.498 e. The average molecular weight is 279 g/mol. The quantitative estimate of drug-likeness (QED) is 0.395. The second-order valence-corrected chi connectivity index (χ2v) is 4.27. The van der Waals surface area contributed by atoms with Crippen molar-refractivity contribution in [2.45, 2.75) is 0 Å². The van der Waals surface area contributed by atoms with Crippen LogP contribution < -0.4 is 5.23 Å². The number of nitrogens with zero attached hydrogens (tertiary/aromatic N) is 6. The predicted octanol–water partition coefficient (Wildman–Crippen LogP) is 0.163. The molecule has 0 aliphatic carbocycles. The summed E-state index contributed by atoms with van der Waals surface area (Å²) in [7, 11) is 0. The Kier molecular flexibility index (Phi) is 3.26. The largest absolute Gasteiger partial charge is 0.498 e. The SMILES string of the molecule is N=C=C=CN[B-](n1cccn1)(n1cccn1)n1cccn1. The number of rotatable bonds is 5. The van der Waals surface area contributed by atoms with Gasteiger partial charge in [-0.1, -0.05) is 0 Å². The first kappa shape index (κ1) is 12.7. The van der Waals surface area contributed by atoms with Gasteiger partial charge in [0.25, 0.3) is 0 Å². The normalized spacial score (nSPS) is 10.7. The first-order valence-electron chi connectivity index (χ1n) is 6.29. The summed E-state index contributed by atoms with van der Waals surface area (Å²) in [6.45, 7) is -1.88. The molecule has 0 unspecified atom stereocenters. The number of nitrogens with one attached hydrogen (secondary N) is 2. The smallest absolute Gasteiger partial charge is 0.443 e. The summed E-state index contributed by atoms with van der Waals surface area (Å²) in [6, 6.07) is 5.46. The Morgan fingerprint density at radius 1 is 0.905 bits per heavy atom. The maximum atomic E-state index is 6.94. The molecule has 21 heavy (non-hydrogen) atoms. The summed E-state index contributed by atoms with van der Waals surface area (Å²) in [6.07, 6.45) is 12.0. The second-order valence-electron chi connectivity index (χ2n) is 4.27. The van der Waals surface area contributed by atoms with E-state index in [2.05, 4.69) is 32.1 Å². The van der Waals surface area contributed by atoms with Crippen molar-refractivity contribution in [3.05, 3.63) is 67.3 Å². The van der Waals surface area contributed by atoms with Crippen molar-refractivity contribution in [2.75, 3.05) is 0 Å². The molecule has 0 amide bonds. The van der Waals surface area contributed by atoms with Crippen molar-refractivity contribution < 1.29 is 0 Å². The fourth-order valence-corrected chi connectivity index (χ4v) is 2.26. The minimum atomic E-state index is -1.88. The highest BCUT2D eigenvalue weighted by atomic mass is 15.5. The van der Waals surface area contributed by atoms with Crippen LogP contribution in [0.25, 0.3) is 0 Å². The predicted molar refractivity (Wildman–Crippen MR) is 77.6 cm³/mol. The molecule has 104 valence electrons. The monoisotopic (exact) mass is 279 g/mol. The van der Waals surface area contributed by atoms with Crippen LogP contribution in [0, 0.1) is 5.41 Å². The van der Waals surface area contributed by atoms with Gasteiger partial charge in [-0.15, -0.1) is 0 Å². The molecule has 0 aliphatic rings. The molecule has 0 radical (unpaired) electrons. The van der Waals surface area contributed by atoms with E-state index in [9.17, 15) is 0 Å². The van der Waals surface area contributed by atoms with Gasteiger partial charge in [-0.05, 0) is 42.5 Å². The van der Waals surface area contributed by atoms with Crippen molar-refractivity contribution in [3.63, 3.8) is 0 Å². The molecule has 0 saturated heterocycles. The standard InChI is InChI=1S/C12H12BN8/c14-5-1-6-15-13(19-10-2-7-16-19,20-11-3-8-17-20)21-12-4-9-18-21/h2-4,6-12,14-15H/q-1. The van der Waals surface area contributed by atoms with Crippen LogP contribution in [0.4, 0.5) is 0 Å². The van der Waals surface area contributed by atoms with Gasteiger partial charge >= 0.3 is 6.69 Å². The Morgan fingerprint density at radius 2 is 1.38 bits per heavy atom. The van der Waals surface area contributed by atoms with Gasteiger partial charge in [-0.3, -0.25) is 5.41 Å². The molecule has 3 aromatic rings. The minimum absolute atomic E-state index is 1.50. The van der Waals surface area contributed by atoms with E-state index in [1.165, 1.54) is 6.20 Å². The van der Waals surface area contributed by atoms with Gasteiger partial charge in [0, 0.05) is 30.7 Å². The Bertz CT molecular complexity index is 677. The Hall–Kier alpha value is -3.28. The van der Waals surface area contributed by atoms with Crippen molar-refractivity contribution in [2.24, 2.45) is 0 Å². The molecule has 0 atom stereocenters. The molecule has 0 spiro atoms. The van der Waals surface area contributed by atoms with Crippen molar-refractivity contribution in [1.82, 2.24) is 34.3 Å². The van der Waals surface area contributed by atoms with Gasteiger partial charge in [0.05, 0.1) is 0 Å². The van der Waals surface area contributed by atoms with Gasteiger partial charge in [0.15, 0.2) is 0 Å². The highest BCUT2D eigenvalue weighted by molar-refractivity contribution is 6.72. The lowest BCUT2D eigenvalue weighted by Crippen LogP contribution is -2.68. The number of hydrogen-bond donors (Lipinski definition) is 2. The van der Waals surface area contributed by atoms with Gasteiger partial charge < -0.3 is 19.0 Å². The van der Waals surface area contributed by atoms with Crippen LogP contribution in [-0.4, -0.2) is 41.6 Å². The highest BCUT2D eigenvalue weighted by Crippen LogP contribution is 2.08. The maximum Gasteiger partial charge on any atom is 0.443 e. The molecular formula is C12H12BN8-. The number of aromatic nitrogens is 6. The first-order valence-corrected chi connectivity index (χ1v) is 6.29. The summed E-state index contributed by atoms with van der Waals surface area (Å²) in [5.41, 5.74) is 2.56. The molecule has 0 aromatic carbocycles. The van der Waals surface area contributed by atoms with Gasteiger partial charge in [-0.25, -0.2) is 15.3 Å². The van der Waals surface area contributed by atoms with Gasteiger partial charge in [-0.2, -0.15) is 0 Å². The molecule has 2 N–H and O–H groups in total. The lowest BCUT2D eigenvalue weighted by atomic mass is 9.75. The summed E-state index contributed by atoms with van der Waals surface area (Å²) >= 11 is 0. The average Bonchev–Trinajstić information content (AvgIpc) is 3.28. The summed E-state index contributed by atoms with van der Waals surface area (Å²) in [5, 5.41) is 23.1. The van der Waals surface area contributed by atoms with Crippen LogP contribution in [-0.2, 0) is 0 Å². The summed E-state index contributed by atoms with van der Waals surface area (Å²) in [5.74, 6) is 2.08. The fourth-order valence-electron chi connectivity index (χ4n) is 2.26. The van der Waals surface area contributed by atoms with Crippen LogP contribution in [0.5, 0.6) is 0 Å². The third-order valence-corrected chi connectivity index (χ3v) is 3.13. The van der Waals surface area contributed by atoms with Crippen LogP contribution >= 0.6 is 0 Å². The Balaban J connectivity index is 2.25. The zero-order valence-corrected chi connectivity index (χ0v) is 11.0. The zero-order chi connectivity index (χ0) is 14.5. The Labute approximate surface area is 120 Å². The molecular weight excluding hydrogens is 267 g/mol. The van der Waals surface area contributed by atoms with E-state index in [4.69, 9.17) is 5.41 Å². The van der Waals surface area contributed by atoms with Crippen LogP contribution in [0.3, 0.4) is 0 Å². The Morgan fingerprint density at radius 3 is 1.71 bits per heavy atom. The zero-order valence-electron chi connectivity index (χ0n) is 11.0. The molecule has 3 heterocycles. The van der Waals surface area contributed by atoms with Crippen LogP contribution in [0.15, 0.2) is 67.3 Å². The van der Waals surface area contributed by atoms with Crippen LogP contribution in [0.1, 0.15) is 0 Å². The first-order chi connectivity index (χ1) is 10.4. The topological polar surface area (TPSA) is 89.3 Å².